The molecule has 2 aromatic rings. The molecule has 0 saturated heterocycles. The maximum absolute atomic E-state index is 11.8. The third-order valence-corrected chi connectivity index (χ3v) is 3.94. The minimum Gasteiger partial charge on any atom is -0.383 e. The Kier molecular flexibility index (Phi) is 3.75. The van der Waals surface area contributed by atoms with Crippen molar-refractivity contribution in [3.05, 3.63) is 43.2 Å². The first kappa shape index (κ1) is 13.4. The Labute approximate surface area is 113 Å². The summed E-state index contributed by atoms with van der Waals surface area (Å²) in [6, 6.07) is 3.87. The lowest BCUT2D eigenvalue weighted by Gasteiger charge is -2.16. The van der Waals surface area contributed by atoms with Gasteiger partial charge in [-0.1, -0.05) is 6.07 Å². The summed E-state index contributed by atoms with van der Waals surface area (Å²) in [5.74, 6) is 0.166. The van der Waals surface area contributed by atoms with Gasteiger partial charge in [-0.2, -0.15) is 0 Å². The fourth-order valence-corrected chi connectivity index (χ4v) is 2.60. The van der Waals surface area contributed by atoms with Crippen molar-refractivity contribution in [2.75, 3.05) is 11.1 Å². The Morgan fingerprint density at radius 2 is 2.26 bits per heavy atom. The summed E-state index contributed by atoms with van der Waals surface area (Å²) in [4.78, 5) is 26.7. The van der Waals surface area contributed by atoms with Crippen LogP contribution in [-0.2, 0) is 6.54 Å². The summed E-state index contributed by atoms with van der Waals surface area (Å²) in [6.07, 6.45) is 0. The van der Waals surface area contributed by atoms with Crippen LogP contribution in [0, 0.1) is 0 Å². The summed E-state index contributed by atoms with van der Waals surface area (Å²) in [6.45, 7) is 4.14. The van der Waals surface area contributed by atoms with Crippen LogP contribution in [0.2, 0.25) is 0 Å². The SMILES string of the molecule is CCn1c(N)c(NC(C)c2cccs2)c(=O)[nH]c1=O. The van der Waals surface area contributed by atoms with Crippen molar-refractivity contribution < 1.29 is 0 Å². The summed E-state index contributed by atoms with van der Waals surface area (Å²) in [5.41, 5.74) is 5.14. The number of rotatable bonds is 4. The Morgan fingerprint density at radius 3 is 2.84 bits per heavy atom. The van der Waals surface area contributed by atoms with E-state index in [2.05, 4.69) is 10.3 Å². The number of nitrogens with two attached hydrogens (primary N) is 1. The van der Waals surface area contributed by atoms with E-state index in [1.54, 1.807) is 18.3 Å². The molecule has 7 heteroatoms. The molecule has 2 rings (SSSR count). The molecule has 0 aliphatic heterocycles. The summed E-state index contributed by atoms with van der Waals surface area (Å²) in [5, 5.41) is 5.03. The molecule has 0 aliphatic carbocycles. The predicted molar refractivity (Wildman–Crippen MR) is 77.8 cm³/mol. The third kappa shape index (κ3) is 2.55. The van der Waals surface area contributed by atoms with Gasteiger partial charge >= 0.3 is 5.69 Å². The van der Waals surface area contributed by atoms with Gasteiger partial charge in [0.1, 0.15) is 11.5 Å². The molecule has 1 atom stereocenters. The van der Waals surface area contributed by atoms with Crippen molar-refractivity contribution in [1.82, 2.24) is 9.55 Å². The maximum Gasteiger partial charge on any atom is 0.330 e. The number of aromatic nitrogens is 2. The summed E-state index contributed by atoms with van der Waals surface area (Å²) < 4.78 is 1.32. The minimum absolute atomic E-state index is 0.0498. The van der Waals surface area contributed by atoms with Crippen molar-refractivity contribution in [3.8, 4) is 0 Å². The smallest absolute Gasteiger partial charge is 0.330 e. The van der Waals surface area contributed by atoms with Gasteiger partial charge in [-0.3, -0.25) is 14.3 Å². The second kappa shape index (κ2) is 5.31. The number of aromatic amines is 1. The molecular formula is C12H16N4O2S. The fraction of sp³-hybridized carbons (Fsp3) is 0.333. The van der Waals surface area contributed by atoms with Crippen molar-refractivity contribution in [2.45, 2.75) is 26.4 Å². The van der Waals surface area contributed by atoms with Crippen LogP contribution in [0.25, 0.3) is 0 Å². The van der Waals surface area contributed by atoms with E-state index in [0.717, 1.165) is 4.88 Å². The van der Waals surface area contributed by atoms with Gasteiger partial charge < -0.3 is 11.1 Å². The van der Waals surface area contributed by atoms with E-state index in [1.165, 1.54) is 4.57 Å². The average molecular weight is 280 g/mol. The normalized spacial score (nSPS) is 12.3. The van der Waals surface area contributed by atoms with Gasteiger partial charge in [0.25, 0.3) is 5.56 Å². The largest absolute Gasteiger partial charge is 0.383 e. The minimum atomic E-state index is -0.490. The van der Waals surface area contributed by atoms with Crippen LogP contribution in [-0.4, -0.2) is 9.55 Å². The second-order valence-corrected chi connectivity index (χ2v) is 5.12. The van der Waals surface area contributed by atoms with E-state index < -0.39 is 11.2 Å². The highest BCUT2D eigenvalue weighted by Crippen LogP contribution is 2.23. The first-order valence-corrected chi connectivity index (χ1v) is 6.85. The molecule has 0 amide bonds. The number of nitrogen functional groups attached to an aromatic ring is 1. The van der Waals surface area contributed by atoms with Gasteiger partial charge in [0.15, 0.2) is 0 Å². The molecule has 2 aromatic heterocycles. The molecule has 6 nitrogen and oxygen atoms in total. The van der Waals surface area contributed by atoms with Gasteiger partial charge in [0.2, 0.25) is 0 Å². The van der Waals surface area contributed by atoms with Gasteiger partial charge in [-0.25, -0.2) is 4.79 Å². The lowest BCUT2D eigenvalue weighted by molar-refractivity contribution is 0.704. The summed E-state index contributed by atoms with van der Waals surface area (Å²) >= 11 is 1.59. The number of hydrogen-bond acceptors (Lipinski definition) is 5. The lowest BCUT2D eigenvalue weighted by atomic mass is 10.2. The highest BCUT2D eigenvalue weighted by Gasteiger charge is 2.14. The zero-order valence-electron chi connectivity index (χ0n) is 10.8. The molecule has 102 valence electrons. The lowest BCUT2D eigenvalue weighted by Crippen LogP contribution is -2.34. The van der Waals surface area contributed by atoms with E-state index in [-0.39, 0.29) is 17.5 Å². The van der Waals surface area contributed by atoms with Crippen molar-refractivity contribution in [2.24, 2.45) is 0 Å². The van der Waals surface area contributed by atoms with Crippen LogP contribution >= 0.6 is 11.3 Å². The Balaban J connectivity index is 2.41. The zero-order chi connectivity index (χ0) is 14.0. The van der Waals surface area contributed by atoms with E-state index in [1.807, 2.05) is 24.4 Å². The van der Waals surface area contributed by atoms with Gasteiger partial charge in [-0.15, -0.1) is 11.3 Å². The van der Waals surface area contributed by atoms with Crippen LogP contribution in [0.1, 0.15) is 24.8 Å². The van der Waals surface area contributed by atoms with Gasteiger partial charge in [-0.05, 0) is 25.3 Å². The van der Waals surface area contributed by atoms with Crippen LogP contribution in [0.5, 0.6) is 0 Å². The maximum atomic E-state index is 11.8. The van der Waals surface area contributed by atoms with Crippen LogP contribution in [0.4, 0.5) is 11.5 Å². The van der Waals surface area contributed by atoms with E-state index >= 15 is 0 Å². The van der Waals surface area contributed by atoms with Crippen molar-refractivity contribution in [3.63, 3.8) is 0 Å². The molecule has 0 saturated carbocycles. The van der Waals surface area contributed by atoms with Gasteiger partial charge in [0, 0.05) is 11.4 Å². The highest BCUT2D eigenvalue weighted by atomic mass is 32.1. The predicted octanol–water partition coefficient (Wildman–Crippen LogP) is 1.37. The molecule has 19 heavy (non-hydrogen) atoms. The second-order valence-electron chi connectivity index (χ2n) is 4.15. The Bertz CT molecular complexity index is 672. The first-order valence-electron chi connectivity index (χ1n) is 5.97. The topological polar surface area (TPSA) is 92.9 Å². The molecule has 4 N–H and O–H groups in total. The average Bonchev–Trinajstić information content (AvgIpc) is 2.88. The molecule has 0 aromatic carbocycles. The highest BCUT2D eigenvalue weighted by molar-refractivity contribution is 7.10. The number of hydrogen-bond donors (Lipinski definition) is 3. The van der Waals surface area contributed by atoms with Crippen LogP contribution < -0.4 is 22.3 Å². The Hall–Kier alpha value is -2.02. The summed E-state index contributed by atoms with van der Waals surface area (Å²) in [7, 11) is 0. The molecular weight excluding hydrogens is 264 g/mol. The van der Waals surface area contributed by atoms with Gasteiger partial charge in [0.05, 0.1) is 6.04 Å². The molecule has 0 bridgehead atoms. The number of nitrogens with one attached hydrogen (secondary N) is 2. The number of anilines is 2. The molecule has 0 aliphatic rings. The van der Waals surface area contributed by atoms with E-state index in [0.29, 0.717) is 6.54 Å². The number of thiophene rings is 1. The molecule has 0 spiro atoms. The van der Waals surface area contributed by atoms with E-state index in [9.17, 15) is 9.59 Å². The number of nitrogens with zero attached hydrogens (tertiary/aromatic N) is 1. The van der Waals surface area contributed by atoms with Crippen molar-refractivity contribution >= 4 is 22.8 Å². The molecule has 0 fully saturated rings. The van der Waals surface area contributed by atoms with Crippen LogP contribution in [0.3, 0.4) is 0 Å². The van der Waals surface area contributed by atoms with E-state index in [4.69, 9.17) is 5.73 Å². The zero-order valence-corrected chi connectivity index (χ0v) is 11.6. The molecule has 1 unspecified atom stereocenters. The standard InChI is InChI=1S/C12H16N4O2S/c1-3-16-10(13)9(11(17)15-12(16)18)14-7(2)8-5-4-6-19-8/h4-7,14H,3,13H2,1-2H3,(H,15,17,18). The molecule has 2 heterocycles. The Morgan fingerprint density at radius 1 is 1.53 bits per heavy atom. The fourth-order valence-electron chi connectivity index (χ4n) is 1.87. The van der Waals surface area contributed by atoms with Crippen molar-refractivity contribution in [1.29, 1.82) is 0 Å². The quantitative estimate of drug-likeness (QED) is 0.788. The third-order valence-electron chi connectivity index (χ3n) is 2.89. The first-order chi connectivity index (χ1) is 9.04. The monoisotopic (exact) mass is 280 g/mol. The number of H-pyrrole nitrogens is 1. The van der Waals surface area contributed by atoms with Crippen LogP contribution in [0.15, 0.2) is 27.1 Å². The molecule has 0 radical (unpaired) electrons.